The Morgan fingerprint density at radius 3 is 2.55 bits per heavy atom. The van der Waals surface area contributed by atoms with Crippen LogP contribution in [0.25, 0.3) is 10.8 Å². The van der Waals surface area contributed by atoms with Gasteiger partial charge in [0.25, 0.3) is 0 Å². The van der Waals surface area contributed by atoms with Gasteiger partial charge < -0.3 is 15.2 Å². The van der Waals surface area contributed by atoms with E-state index in [4.69, 9.17) is 10.5 Å². The van der Waals surface area contributed by atoms with Gasteiger partial charge in [-0.15, -0.1) is 0 Å². The topological polar surface area (TPSA) is 61.5 Å². The summed E-state index contributed by atoms with van der Waals surface area (Å²) in [5, 5.41) is 2.21. The first-order chi connectivity index (χ1) is 9.63. The second-order valence-electron chi connectivity index (χ2n) is 4.69. The molecule has 0 saturated heterocycles. The molecule has 4 nitrogen and oxygen atoms in total. The van der Waals surface area contributed by atoms with Crippen LogP contribution >= 0.6 is 0 Å². The van der Waals surface area contributed by atoms with Crippen molar-refractivity contribution in [1.82, 2.24) is 0 Å². The van der Waals surface area contributed by atoms with Gasteiger partial charge in [-0.05, 0) is 41.0 Å². The van der Waals surface area contributed by atoms with Crippen LogP contribution in [0.5, 0.6) is 5.75 Å². The molecule has 0 radical (unpaired) electrons. The number of ether oxygens (including phenoxy) is 2. The van der Waals surface area contributed by atoms with Gasteiger partial charge >= 0.3 is 5.97 Å². The van der Waals surface area contributed by atoms with Crippen molar-refractivity contribution in [3.8, 4) is 5.75 Å². The minimum atomic E-state index is -0.231. The maximum Gasteiger partial charge on any atom is 0.305 e. The van der Waals surface area contributed by atoms with Crippen LogP contribution in [0.4, 0.5) is 0 Å². The number of methoxy groups -OCH3 is 2. The van der Waals surface area contributed by atoms with Gasteiger partial charge in [0.15, 0.2) is 0 Å². The molecule has 0 bridgehead atoms. The minimum Gasteiger partial charge on any atom is -0.497 e. The zero-order valence-corrected chi connectivity index (χ0v) is 11.8. The highest BCUT2D eigenvalue weighted by atomic mass is 16.5. The van der Waals surface area contributed by atoms with E-state index < -0.39 is 0 Å². The summed E-state index contributed by atoms with van der Waals surface area (Å²) in [6, 6.07) is 11.8. The molecular formula is C16H19NO3. The lowest BCUT2D eigenvalue weighted by molar-refractivity contribution is -0.140. The monoisotopic (exact) mass is 273 g/mol. The van der Waals surface area contributed by atoms with Crippen LogP contribution in [0, 0.1) is 0 Å². The van der Waals surface area contributed by atoms with Crippen molar-refractivity contribution in [3.05, 3.63) is 42.0 Å². The molecule has 2 aromatic carbocycles. The normalized spacial score (nSPS) is 12.2. The number of fused-ring (bicyclic) bond motifs is 1. The molecule has 0 heterocycles. The number of rotatable bonds is 5. The van der Waals surface area contributed by atoms with E-state index in [0.717, 1.165) is 22.1 Å². The fourth-order valence-electron chi connectivity index (χ4n) is 2.14. The Kier molecular flexibility index (Phi) is 4.58. The second kappa shape index (κ2) is 6.39. The Morgan fingerprint density at radius 2 is 1.85 bits per heavy atom. The van der Waals surface area contributed by atoms with Crippen molar-refractivity contribution in [3.63, 3.8) is 0 Å². The molecule has 0 aliphatic carbocycles. The van der Waals surface area contributed by atoms with Crippen molar-refractivity contribution in [2.45, 2.75) is 18.9 Å². The van der Waals surface area contributed by atoms with Gasteiger partial charge in [-0.1, -0.05) is 18.2 Å². The van der Waals surface area contributed by atoms with E-state index in [1.807, 2.05) is 30.3 Å². The molecule has 0 saturated carbocycles. The van der Waals surface area contributed by atoms with Gasteiger partial charge in [0.1, 0.15) is 5.75 Å². The fraction of sp³-hybridized carbons (Fsp3) is 0.312. The Balaban J connectivity index is 2.16. The Labute approximate surface area is 118 Å². The first-order valence-electron chi connectivity index (χ1n) is 6.54. The van der Waals surface area contributed by atoms with Gasteiger partial charge in [0, 0.05) is 12.5 Å². The lowest BCUT2D eigenvalue weighted by Gasteiger charge is -2.12. The van der Waals surface area contributed by atoms with E-state index in [-0.39, 0.29) is 12.0 Å². The number of esters is 1. The number of hydrogen-bond donors (Lipinski definition) is 1. The zero-order valence-electron chi connectivity index (χ0n) is 11.8. The number of carbonyl (C=O) groups excluding carboxylic acids is 1. The van der Waals surface area contributed by atoms with Crippen molar-refractivity contribution >= 4 is 16.7 Å². The maximum atomic E-state index is 11.1. The summed E-state index contributed by atoms with van der Waals surface area (Å²) in [5.41, 5.74) is 7.13. The van der Waals surface area contributed by atoms with Gasteiger partial charge in [0.2, 0.25) is 0 Å². The summed E-state index contributed by atoms with van der Waals surface area (Å²) in [6.45, 7) is 0. The lowest BCUT2D eigenvalue weighted by Crippen LogP contribution is -2.13. The minimum absolute atomic E-state index is 0.166. The first kappa shape index (κ1) is 14.3. The van der Waals surface area contributed by atoms with E-state index in [1.165, 1.54) is 7.11 Å². The van der Waals surface area contributed by atoms with Gasteiger partial charge in [-0.3, -0.25) is 4.79 Å². The van der Waals surface area contributed by atoms with Crippen LogP contribution in [-0.2, 0) is 9.53 Å². The quantitative estimate of drug-likeness (QED) is 0.851. The molecule has 1 atom stereocenters. The second-order valence-corrected chi connectivity index (χ2v) is 4.69. The van der Waals surface area contributed by atoms with Crippen molar-refractivity contribution in [1.29, 1.82) is 0 Å². The fourth-order valence-corrected chi connectivity index (χ4v) is 2.14. The van der Waals surface area contributed by atoms with E-state index in [2.05, 4.69) is 10.8 Å². The first-order valence-corrected chi connectivity index (χ1v) is 6.54. The van der Waals surface area contributed by atoms with Gasteiger partial charge in [0.05, 0.1) is 14.2 Å². The smallest absolute Gasteiger partial charge is 0.305 e. The highest BCUT2D eigenvalue weighted by Crippen LogP contribution is 2.25. The van der Waals surface area contributed by atoms with Crippen molar-refractivity contribution in [2.75, 3.05) is 14.2 Å². The summed E-state index contributed by atoms with van der Waals surface area (Å²) < 4.78 is 9.83. The summed E-state index contributed by atoms with van der Waals surface area (Å²) in [7, 11) is 3.04. The summed E-state index contributed by atoms with van der Waals surface area (Å²) in [4.78, 5) is 11.1. The van der Waals surface area contributed by atoms with E-state index in [0.29, 0.717) is 12.8 Å². The number of benzene rings is 2. The van der Waals surface area contributed by atoms with Crippen molar-refractivity contribution < 1.29 is 14.3 Å². The molecule has 2 aromatic rings. The maximum absolute atomic E-state index is 11.1. The van der Waals surface area contributed by atoms with E-state index >= 15 is 0 Å². The van der Waals surface area contributed by atoms with Crippen molar-refractivity contribution in [2.24, 2.45) is 5.73 Å². The molecule has 2 rings (SSSR count). The third-order valence-electron chi connectivity index (χ3n) is 3.39. The third kappa shape index (κ3) is 3.27. The predicted molar refractivity (Wildman–Crippen MR) is 78.7 cm³/mol. The van der Waals surface area contributed by atoms with E-state index in [1.54, 1.807) is 7.11 Å². The lowest BCUT2D eigenvalue weighted by atomic mass is 9.99. The van der Waals surface area contributed by atoms with Crippen LogP contribution in [0.15, 0.2) is 36.4 Å². The number of nitrogens with two attached hydrogens (primary N) is 1. The average Bonchev–Trinajstić information content (AvgIpc) is 2.50. The molecule has 0 aliphatic rings. The molecule has 0 aromatic heterocycles. The molecule has 0 spiro atoms. The molecule has 4 heteroatoms. The highest BCUT2D eigenvalue weighted by Gasteiger charge is 2.10. The van der Waals surface area contributed by atoms with Gasteiger partial charge in [-0.2, -0.15) is 0 Å². The number of hydrogen-bond acceptors (Lipinski definition) is 4. The largest absolute Gasteiger partial charge is 0.497 e. The molecular weight excluding hydrogens is 254 g/mol. The summed E-state index contributed by atoms with van der Waals surface area (Å²) in [5.74, 6) is 0.603. The third-order valence-corrected chi connectivity index (χ3v) is 3.39. The van der Waals surface area contributed by atoms with Crippen LogP contribution in [0.1, 0.15) is 24.4 Å². The Hall–Kier alpha value is -2.07. The molecule has 2 N–H and O–H groups in total. The van der Waals surface area contributed by atoms with Crippen LogP contribution in [-0.4, -0.2) is 20.2 Å². The Morgan fingerprint density at radius 1 is 1.15 bits per heavy atom. The molecule has 0 aliphatic heterocycles. The average molecular weight is 273 g/mol. The predicted octanol–water partition coefficient (Wildman–Crippen LogP) is 2.80. The van der Waals surface area contributed by atoms with Crippen LogP contribution in [0.3, 0.4) is 0 Å². The summed E-state index contributed by atoms with van der Waals surface area (Å²) in [6.07, 6.45) is 0.909. The zero-order chi connectivity index (χ0) is 14.5. The molecule has 1 unspecified atom stereocenters. The number of carbonyl (C=O) groups is 1. The Bertz CT molecular complexity index is 610. The molecule has 0 fully saturated rings. The van der Waals surface area contributed by atoms with Crippen LogP contribution in [0.2, 0.25) is 0 Å². The SMILES string of the molecule is COC(=O)CCC(N)c1ccc2cc(OC)ccc2c1. The van der Waals surface area contributed by atoms with Gasteiger partial charge in [-0.25, -0.2) is 0 Å². The van der Waals surface area contributed by atoms with Crippen LogP contribution < -0.4 is 10.5 Å². The molecule has 20 heavy (non-hydrogen) atoms. The highest BCUT2D eigenvalue weighted by molar-refractivity contribution is 5.84. The molecule has 106 valence electrons. The molecule has 0 amide bonds. The summed E-state index contributed by atoms with van der Waals surface area (Å²) >= 11 is 0. The van der Waals surface area contributed by atoms with E-state index in [9.17, 15) is 4.79 Å². The standard InChI is InChI=1S/C16H19NO3/c1-19-14-6-5-11-9-13(4-3-12(11)10-14)15(17)7-8-16(18)20-2/h3-6,9-10,15H,7-8,17H2,1-2H3.